The third-order valence-corrected chi connectivity index (χ3v) is 1.27. The molecule has 9 heavy (non-hydrogen) atoms. The van der Waals surface area contributed by atoms with E-state index in [0.29, 0.717) is 12.5 Å². The molecule has 2 N–H and O–H groups in total. The first-order chi connectivity index (χ1) is 4.18. The fourth-order valence-electron chi connectivity index (χ4n) is 0.293. The molecule has 0 aliphatic rings. The van der Waals surface area contributed by atoms with E-state index in [2.05, 4.69) is 22.6 Å². The van der Waals surface area contributed by atoms with Gasteiger partial charge in [0.25, 0.3) is 0 Å². The van der Waals surface area contributed by atoms with Crippen LogP contribution in [-0.2, 0) is 4.74 Å². The molecule has 0 saturated heterocycles. The van der Waals surface area contributed by atoms with Crippen molar-refractivity contribution < 1.29 is 4.74 Å². The largest absolute Gasteiger partial charge is 0.479 e. The van der Waals surface area contributed by atoms with Crippen molar-refractivity contribution in [2.75, 3.05) is 11.0 Å². The van der Waals surface area contributed by atoms with Crippen LogP contribution in [0.2, 0.25) is 0 Å². The molecule has 0 unspecified atom stereocenters. The average Bonchev–Trinajstić information content (AvgIpc) is 1.82. The van der Waals surface area contributed by atoms with Crippen molar-refractivity contribution in [2.24, 2.45) is 5.73 Å². The predicted octanol–water partition coefficient (Wildman–Crippen LogP) is 1.65. The number of alkyl halides is 1. The summed E-state index contributed by atoms with van der Waals surface area (Å²) in [6.45, 7) is 4.57. The Morgan fingerprint density at radius 1 is 1.56 bits per heavy atom. The summed E-state index contributed by atoms with van der Waals surface area (Å²) in [5.74, 6) is 0.562. The van der Waals surface area contributed by atoms with Gasteiger partial charge >= 0.3 is 0 Å². The molecule has 0 aliphatic heterocycles. The minimum absolute atomic E-state index is 0.562. The monoisotopic (exact) mass is 241 g/mol. The van der Waals surface area contributed by atoms with Crippen molar-refractivity contribution >= 4 is 22.6 Å². The van der Waals surface area contributed by atoms with E-state index >= 15 is 0 Å². The van der Waals surface area contributed by atoms with E-state index in [0.717, 1.165) is 10.0 Å². The molecule has 0 aromatic carbocycles. The fourth-order valence-corrected chi connectivity index (χ4v) is 0.513. The predicted molar refractivity (Wildman–Crippen MR) is 47.4 cm³/mol. The smallest absolute Gasteiger partial charge is 0.182 e. The van der Waals surface area contributed by atoms with E-state index in [1.807, 2.05) is 13.8 Å². The standard InChI is InChI=1S/C6H12INO/c1-5(2)6(8)9-4-3-7/h3-4,8H2,1-2H3. The molecule has 0 aromatic heterocycles. The average molecular weight is 241 g/mol. The van der Waals surface area contributed by atoms with Gasteiger partial charge < -0.3 is 10.5 Å². The van der Waals surface area contributed by atoms with E-state index in [4.69, 9.17) is 10.5 Å². The molecule has 0 atom stereocenters. The molecule has 0 radical (unpaired) electrons. The van der Waals surface area contributed by atoms with Crippen LogP contribution in [0.4, 0.5) is 0 Å². The number of ether oxygens (including phenoxy) is 1. The van der Waals surface area contributed by atoms with Gasteiger partial charge in [0.05, 0.1) is 6.61 Å². The number of halogens is 1. The van der Waals surface area contributed by atoms with E-state index in [1.165, 1.54) is 0 Å². The zero-order valence-electron chi connectivity index (χ0n) is 5.78. The summed E-state index contributed by atoms with van der Waals surface area (Å²) in [6, 6.07) is 0. The van der Waals surface area contributed by atoms with E-state index in [9.17, 15) is 0 Å². The van der Waals surface area contributed by atoms with Crippen molar-refractivity contribution in [1.82, 2.24) is 0 Å². The van der Waals surface area contributed by atoms with Crippen molar-refractivity contribution in [3.8, 4) is 0 Å². The van der Waals surface area contributed by atoms with E-state index < -0.39 is 0 Å². The Morgan fingerprint density at radius 3 is 2.44 bits per heavy atom. The molecule has 0 heterocycles. The van der Waals surface area contributed by atoms with Crippen LogP contribution in [0.15, 0.2) is 11.5 Å². The molecular formula is C6H12INO. The Bertz CT molecular complexity index is 108. The topological polar surface area (TPSA) is 35.2 Å². The summed E-state index contributed by atoms with van der Waals surface area (Å²) in [5, 5.41) is 0. The molecule has 0 saturated carbocycles. The molecule has 0 fully saturated rings. The highest BCUT2D eigenvalue weighted by Crippen LogP contribution is 1.97. The van der Waals surface area contributed by atoms with E-state index in [-0.39, 0.29) is 0 Å². The molecule has 0 rings (SSSR count). The molecule has 0 aliphatic carbocycles. The lowest BCUT2D eigenvalue weighted by Gasteiger charge is -2.04. The number of hydrogen-bond acceptors (Lipinski definition) is 2. The Morgan fingerprint density at radius 2 is 2.11 bits per heavy atom. The minimum Gasteiger partial charge on any atom is -0.479 e. The summed E-state index contributed by atoms with van der Waals surface area (Å²) in [5.41, 5.74) is 6.50. The second-order valence-corrected chi connectivity index (χ2v) is 2.98. The van der Waals surface area contributed by atoms with Gasteiger partial charge in [0.1, 0.15) is 0 Å². The number of nitrogens with two attached hydrogens (primary N) is 1. The molecule has 0 spiro atoms. The third kappa shape index (κ3) is 4.57. The van der Waals surface area contributed by atoms with E-state index in [1.54, 1.807) is 0 Å². The van der Waals surface area contributed by atoms with Gasteiger partial charge in [-0.05, 0) is 19.4 Å². The first kappa shape index (κ1) is 9.07. The van der Waals surface area contributed by atoms with Gasteiger partial charge in [-0.3, -0.25) is 0 Å². The maximum absolute atomic E-state index is 5.46. The summed E-state index contributed by atoms with van der Waals surface area (Å²) in [4.78, 5) is 0. The van der Waals surface area contributed by atoms with Gasteiger partial charge in [-0.15, -0.1) is 0 Å². The normalized spacial score (nSPS) is 8.78. The molecule has 0 aromatic rings. The molecule has 0 bridgehead atoms. The van der Waals surface area contributed by atoms with Crippen LogP contribution in [-0.4, -0.2) is 11.0 Å². The third-order valence-electron chi connectivity index (χ3n) is 0.828. The van der Waals surface area contributed by atoms with Gasteiger partial charge in [-0.1, -0.05) is 22.6 Å². The molecule has 0 amide bonds. The van der Waals surface area contributed by atoms with Gasteiger partial charge in [0.2, 0.25) is 0 Å². The lowest BCUT2D eigenvalue weighted by molar-refractivity contribution is 0.227. The Labute approximate surface area is 69.6 Å². The van der Waals surface area contributed by atoms with Gasteiger partial charge in [-0.25, -0.2) is 0 Å². The van der Waals surface area contributed by atoms with Crippen LogP contribution < -0.4 is 5.73 Å². The summed E-state index contributed by atoms with van der Waals surface area (Å²) in [6.07, 6.45) is 0. The second kappa shape index (κ2) is 4.90. The van der Waals surface area contributed by atoms with Crippen molar-refractivity contribution in [3.05, 3.63) is 11.5 Å². The van der Waals surface area contributed by atoms with Crippen LogP contribution in [0.5, 0.6) is 0 Å². The van der Waals surface area contributed by atoms with Crippen LogP contribution >= 0.6 is 22.6 Å². The SMILES string of the molecule is CC(C)=C(N)OCCI. The minimum atomic E-state index is 0.562. The molecular weight excluding hydrogens is 229 g/mol. The van der Waals surface area contributed by atoms with Crippen molar-refractivity contribution in [2.45, 2.75) is 13.8 Å². The Kier molecular flexibility index (Phi) is 4.94. The number of hydrogen-bond donors (Lipinski definition) is 1. The highest BCUT2D eigenvalue weighted by atomic mass is 127. The van der Waals surface area contributed by atoms with Gasteiger partial charge in [0, 0.05) is 4.43 Å². The quantitative estimate of drug-likeness (QED) is 0.463. The number of allylic oxidation sites excluding steroid dienone is 1. The van der Waals surface area contributed by atoms with Crippen molar-refractivity contribution in [3.63, 3.8) is 0 Å². The zero-order valence-corrected chi connectivity index (χ0v) is 7.94. The Hall–Kier alpha value is 0.0700. The second-order valence-electron chi connectivity index (χ2n) is 1.90. The highest BCUT2D eigenvalue weighted by Gasteiger charge is 1.90. The molecule has 2 nitrogen and oxygen atoms in total. The first-order valence-corrected chi connectivity index (χ1v) is 4.32. The van der Waals surface area contributed by atoms with Crippen LogP contribution in [0, 0.1) is 0 Å². The summed E-state index contributed by atoms with van der Waals surface area (Å²) in [7, 11) is 0. The summed E-state index contributed by atoms with van der Waals surface area (Å²) < 4.78 is 6.08. The first-order valence-electron chi connectivity index (χ1n) is 2.80. The lowest BCUT2D eigenvalue weighted by atomic mass is 10.4. The van der Waals surface area contributed by atoms with Gasteiger partial charge in [0.15, 0.2) is 5.88 Å². The fraction of sp³-hybridized carbons (Fsp3) is 0.667. The van der Waals surface area contributed by atoms with Crippen LogP contribution in [0.25, 0.3) is 0 Å². The zero-order chi connectivity index (χ0) is 7.28. The highest BCUT2D eigenvalue weighted by molar-refractivity contribution is 14.1. The summed E-state index contributed by atoms with van der Waals surface area (Å²) >= 11 is 2.24. The van der Waals surface area contributed by atoms with Crippen LogP contribution in [0.1, 0.15) is 13.8 Å². The maximum Gasteiger partial charge on any atom is 0.182 e. The Balaban J connectivity index is 3.50. The molecule has 54 valence electrons. The maximum atomic E-state index is 5.46. The molecule has 3 heteroatoms. The van der Waals surface area contributed by atoms with Crippen molar-refractivity contribution in [1.29, 1.82) is 0 Å². The van der Waals surface area contributed by atoms with Crippen LogP contribution in [0.3, 0.4) is 0 Å². The van der Waals surface area contributed by atoms with Gasteiger partial charge in [-0.2, -0.15) is 0 Å². The lowest BCUT2D eigenvalue weighted by Crippen LogP contribution is -2.06. The number of rotatable bonds is 3.